The number of hydrogen-bond donors (Lipinski definition) is 1. The molecule has 1 N–H and O–H groups in total. The molecule has 2 rings (SSSR count). The van der Waals surface area contributed by atoms with E-state index in [4.69, 9.17) is 0 Å². The van der Waals surface area contributed by atoms with Gasteiger partial charge in [-0.2, -0.15) is 0 Å². The summed E-state index contributed by atoms with van der Waals surface area (Å²) in [5, 5.41) is 3.31. The second-order valence-corrected chi connectivity index (χ2v) is 4.50. The second kappa shape index (κ2) is 5.71. The summed E-state index contributed by atoms with van der Waals surface area (Å²) >= 11 is 0. The minimum Gasteiger partial charge on any atom is -0.385 e. The maximum atomic E-state index is 12.1. The van der Waals surface area contributed by atoms with Crippen molar-refractivity contribution in [3.8, 4) is 0 Å². The van der Waals surface area contributed by atoms with Crippen LogP contribution in [0.4, 0.5) is 5.69 Å². The van der Waals surface area contributed by atoms with E-state index in [0.717, 1.165) is 50.1 Å². The highest BCUT2D eigenvalue weighted by Crippen LogP contribution is 2.15. The quantitative estimate of drug-likeness (QED) is 0.865. The Morgan fingerprint density at radius 2 is 1.88 bits per heavy atom. The lowest BCUT2D eigenvalue weighted by Gasteiger charge is -2.15. The summed E-state index contributed by atoms with van der Waals surface area (Å²) in [7, 11) is 0. The Morgan fingerprint density at radius 3 is 2.47 bits per heavy atom. The molecule has 1 fully saturated rings. The molecule has 0 radical (unpaired) electrons. The largest absolute Gasteiger partial charge is 0.385 e. The molecule has 0 aliphatic carbocycles. The van der Waals surface area contributed by atoms with Crippen molar-refractivity contribution in [2.45, 2.75) is 26.2 Å². The lowest BCUT2D eigenvalue weighted by atomic mass is 10.2. The van der Waals surface area contributed by atoms with E-state index in [2.05, 4.69) is 12.2 Å². The van der Waals surface area contributed by atoms with Gasteiger partial charge in [-0.05, 0) is 43.5 Å². The van der Waals surface area contributed by atoms with E-state index in [1.54, 1.807) is 0 Å². The minimum absolute atomic E-state index is 0.171. The van der Waals surface area contributed by atoms with Crippen LogP contribution >= 0.6 is 0 Å². The Morgan fingerprint density at radius 1 is 1.24 bits per heavy atom. The van der Waals surface area contributed by atoms with Gasteiger partial charge in [0.05, 0.1) is 0 Å². The number of rotatable bonds is 4. The van der Waals surface area contributed by atoms with Gasteiger partial charge in [-0.3, -0.25) is 4.79 Å². The standard InChI is InChI=1S/C14H20N2O/c1-2-9-15-13-7-5-12(6-8-13)14(17)16-10-3-4-11-16/h5-8,15H,2-4,9-11H2,1H3. The Bertz CT molecular complexity index is 366. The van der Waals surface area contributed by atoms with E-state index in [0.29, 0.717) is 0 Å². The summed E-state index contributed by atoms with van der Waals surface area (Å²) in [6.45, 7) is 4.93. The summed E-state index contributed by atoms with van der Waals surface area (Å²) in [5.41, 5.74) is 1.89. The molecular weight excluding hydrogens is 212 g/mol. The van der Waals surface area contributed by atoms with E-state index in [9.17, 15) is 4.79 Å². The minimum atomic E-state index is 0.171. The van der Waals surface area contributed by atoms with Crippen LogP contribution in [0.1, 0.15) is 36.5 Å². The lowest BCUT2D eigenvalue weighted by Crippen LogP contribution is -2.27. The molecule has 92 valence electrons. The summed E-state index contributed by atoms with van der Waals surface area (Å²) in [4.78, 5) is 14.0. The van der Waals surface area contributed by atoms with Gasteiger partial charge in [0.2, 0.25) is 0 Å². The van der Waals surface area contributed by atoms with E-state index < -0.39 is 0 Å². The normalized spacial score (nSPS) is 15.0. The molecule has 1 heterocycles. The zero-order valence-electron chi connectivity index (χ0n) is 10.4. The van der Waals surface area contributed by atoms with Crippen molar-refractivity contribution in [1.82, 2.24) is 4.90 Å². The van der Waals surface area contributed by atoms with E-state index in [-0.39, 0.29) is 5.91 Å². The molecule has 0 spiro atoms. The number of likely N-dealkylation sites (tertiary alicyclic amines) is 1. The smallest absolute Gasteiger partial charge is 0.253 e. The SMILES string of the molecule is CCCNc1ccc(C(=O)N2CCCC2)cc1. The number of nitrogens with zero attached hydrogens (tertiary/aromatic N) is 1. The van der Waals surface area contributed by atoms with Crippen LogP contribution in [0, 0.1) is 0 Å². The predicted molar refractivity (Wildman–Crippen MR) is 70.4 cm³/mol. The molecule has 1 amide bonds. The van der Waals surface area contributed by atoms with E-state index in [1.807, 2.05) is 29.2 Å². The zero-order valence-corrected chi connectivity index (χ0v) is 10.4. The molecular formula is C14H20N2O. The molecule has 1 aliphatic rings. The third kappa shape index (κ3) is 2.99. The molecule has 0 saturated carbocycles. The van der Waals surface area contributed by atoms with Gasteiger partial charge in [0.1, 0.15) is 0 Å². The number of anilines is 1. The van der Waals surface area contributed by atoms with Crippen LogP contribution in [-0.4, -0.2) is 30.4 Å². The second-order valence-electron chi connectivity index (χ2n) is 4.50. The number of amides is 1. The summed E-state index contributed by atoms with van der Waals surface area (Å²) < 4.78 is 0. The first kappa shape index (κ1) is 12.0. The van der Waals surface area contributed by atoms with Crippen molar-refractivity contribution in [3.05, 3.63) is 29.8 Å². The molecule has 1 aliphatic heterocycles. The van der Waals surface area contributed by atoms with E-state index >= 15 is 0 Å². The van der Waals surface area contributed by atoms with Crippen molar-refractivity contribution in [2.75, 3.05) is 25.0 Å². The average molecular weight is 232 g/mol. The molecule has 1 saturated heterocycles. The third-order valence-electron chi connectivity index (χ3n) is 3.10. The van der Waals surface area contributed by atoms with Crippen molar-refractivity contribution in [1.29, 1.82) is 0 Å². The molecule has 0 atom stereocenters. The van der Waals surface area contributed by atoms with Crippen molar-refractivity contribution in [2.24, 2.45) is 0 Å². The van der Waals surface area contributed by atoms with Gasteiger partial charge in [-0.1, -0.05) is 6.92 Å². The lowest BCUT2D eigenvalue weighted by molar-refractivity contribution is 0.0793. The number of nitrogens with one attached hydrogen (secondary N) is 1. The Balaban J connectivity index is 1.99. The number of benzene rings is 1. The molecule has 3 heteroatoms. The average Bonchev–Trinajstić information content (AvgIpc) is 2.90. The molecule has 3 nitrogen and oxygen atoms in total. The van der Waals surface area contributed by atoms with Crippen LogP contribution < -0.4 is 5.32 Å². The van der Waals surface area contributed by atoms with Gasteiger partial charge in [-0.15, -0.1) is 0 Å². The fourth-order valence-corrected chi connectivity index (χ4v) is 2.10. The van der Waals surface area contributed by atoms with Crippen molar-refractivity contribution >= 4 is 11.6 Å². The van der Waals surface area contributed by atoms with E-state index in [1.165, 1.54) is 0 Å². The van der Waals surface area contributed by atoms with Crippen LogP contribution in [0.2, 0.25) is 0 Å². The number of hydrogen-bond acceptors (Lipinski definition) is 2. The first-order chi connectivity index (χ1) is 8.31. The summed E-state index contributed by atoms with van der Waals surface area (Å²) in [5.74, 6) is 0.171. The van der Waals surface area contributed by atoms with Gasteiger partial charge >= 0.3 is 0 Å². The van der Waals surface area contributed by atoms with Crippen LogP contribution in [0.3, 0.4) is 0 Å². The molecule has 17 heavy (non-hydrogen) atoms. The highest BCUT2D eigenvalue weighted by Gasteiger charge is 2.18. The fourth-order valence-electron chi connectivity index (χ4n) is 2.10. The van der Waals surface area contributed by atoms with Crippen molar-refractivity contribution in [3.63, 3.8) is 0 Å². The number of carbonyl (C=O) groups is 1. The monoisotopic (exact) mass is 232 g/mol. The summed E-state index contributed by atoms with van der Waals surface area (Å²) in [6, 6.07) is 7.80. The third-order valence-corrected chi connectivity index (χ3v) is 3.10. The first-order valence-corrected chi connectivity index (χ1v) is 6.44. The van der Waals surface area contributed by atoms with Crippen LogP contribution in [0.5, 0.6) is 0 Å². The van der Waals surface area contributed by atoms with Gasteiger partial charge in [0.25, 0.3) is 5.91 Å². The topological polar surface area (TPSA) is 32.3 Å². The van der Waals surface area contributed by atoms with Crippen LogP contribution in [0.15, 0.2) is 24.3 Å². The molecule has 1 aromatic carbocycles. The Labute approximate surface area is 103 Å². The van der Waals surface area contributed by atoms with Gasteiger partial charge < -0.3 is 10.2 Å². The molecule has 0 unspecified atom stereocenters. The maximum absolute atomic E-state index is 12.1. The Hall–Kier alpha value is -1.51. The highest BCUT2D eigenvalue weighted by atomic mass is 16.2. The van der Waals surface area contributed by atoms with Crippen molar-refractivity contribution < 1.29 is 4.79 Å². The van der Waals surface area contributed by atoms with Crippen LogP contribution in [-0.2, 0) is 0 Å². The molecule has 1 aromatic rings. The van der Waals surface area contributed by atoms with Gasteiger partial charge in [0, 0.05) is 30.9 Å². The molecule has 0 bridgehead atoms. The maximum Gasteiger partial charge on any atom is 0.253 e. The van der Waals surface area contributed by atoms with Crippen LogP contribution in [0.25, 0.3) is 0 Å². The fraction of sp³-hybridized carbons (Fsp3) is 0.500. The first-order valence-electron chi connectivity index (χ1n) is 6.44. The van der Waals surface area contributed by atoms with Gasteiger partial charge in [-0.25, -0.2) is 0 Å². The Kier molecular flexibility index (Phi) is 4.02. The predicted octanol–water partition coefficient (Wildman–Crippen LogP) is 2.74. The summed E-state index contributed by atoms with van der Waals surface area (Å²) in [6.07, 6.45) is 3.39. The zero-order chi connectivity index (χ0) is 12.1. The highest BCUT2D eigenvalue weighted by molar-refractivity contribution is 5.94. The molecule has 0 aromatic heterocycles. The number of carbonyl (C=O) groups excluding carboxylic acids is 1. The van der Waals surface area contributed by atoms with Gasteiger partial charge in [0.15, 0.2) is 0 Å².